The van der Waals surface area contributed by atoms with Crippen LogP contribution in [0.2, 0.25) is 0 Å². The number of nitrogens with two attached hydrogens (primary N) is 1. The van der Waals surface area contributed by atoms with E-state index in [0.717, 1.165) is 27.8 Å². The van der Waals surface area contributed by atoms with E-state index >= 15 is 0 Å². The molecule has 0 atom stereocenters. The van der Waals surface area contributed by atoms with E-state index < -0.39 is 0 Å². The Morgan fingerprint density at radius 2 is 2.21 bits per heavy atom. The summed E-state index contributed by atoms with van der Waals surface area (Å²) in [7, 11) is 0. The number of rotatable bonds is 8. The van der Waals surface area contributed by atoms with E-state index in [0.29, 0.717) is 6.61 Å². The number of nitrogens with zero attached hydrogens (tertiary/aromatic N) is 1. The summed E-state index contributed by atoms with van der Waals surface area (Å²) in [4.78, 5) is 27.4. The molecule has 7 heteroatoms. The topological polar surface area (TPSA) is 82.3 Å². The van der Waals surface area contributed by atoms with Gasteiger partial charge < -0.3 is 10.5 Å². The van der Waals surface area contributed by atoms with Gasteiger partial charge in [-0.25, -0.2) is 4.98 Å². The maximum absolute atomic E-state index is 11.4. The number of hydrogen-bond donors (Lipinski definition) is 1. The number of esters is 1. The molecule has 2 N–H and O–H groups in total. The Balaban J connectivity index is 2.41. The molecular formula is C12H18N2O3S2. The van der Waals surface area contributed by atoms with E-state index in [1.54, 1.807) is 0 Å². The number of unbranched alkanes of at least 4 members (excludes halogenated alkanes) is 1. The smallest absolute Gasteiger partial charge is 0.316 e. The number of carbonyl (C=O) groups is 2. The highest BCUT2D eigenvalue weighted by Crippen LogP contribution is 2.27. The fourth-order valence-corrected chi connectivity index (χ4v) is 3.32. The minimum absolute atomic E-state index is 0.199. The van der Waals surface area contributed by atoms with Crippen LogP contribution in [-0.2, 0) is 20.7 Å². The second kappa shape index (κ2) is 8.16. The summed E-state index contributed by atoms with van der Waals surface area (Å²) in [5.74, 6) is -0.364. The van der Waals surface area contributed by atoms with Crippen molar-refractivity contribution in [2.24, 2.45) is 5.73 Å². The Bertz CT molecular complexity index is 446. The molecule has 0 aliphatic rings. The SMILES string of the molecule is CCCCOC(=O)CSc1nc(C)c(CC(N)=O)s1. The first-order valence-electron chi connectivity index (χ1n) is 6.06. The van der Waals surface area contributed by atoms with E-state index in [1.165, 1.54) is 23.1 Å². The van der Waals surface area contributed by atoms with Crippen molar-refractivity contribution in [1.29, 1.82) is 0 Å². The van der Waals surface area contributed by atoms with Gasteiger partial charge in [-0.3, -0.25) is 9.59 Å². The quantitative estimate of drug-likeness (QED) is 0.450. The highest BCUT2D eigenvalue weighted by Gasteiger charge is 2.12. The minimum atomic E-state index is -0.373. The Labute approximate surface area is 120 Å². The summed E-state index contributed by atoms with van der Waals surface area (Å²) in [5, 5.41) is 0. The number of amides is 1. The monoisotopic (exact) mass is 302 g/mol. The number of ether oxygens (including phenoxy) is 1. The van der Waals surface area contributed by atoms with Crippen molar-refractivity contribution in [1.82, 2.24) is 4.98 Å². The molecule has 1 aromatic rings. The lowest BCUT2D eigenvalue weighted by Gasteiger charge is -2.01. The molecule has 0 saturated carbocycles. The number of primary amides is 1. The van der Waals surface area contributed by atoms with Crippen molar-refractivity contribution in [3.8, 4) is 0 Å². The van der Waals surface area contributed by atoms with Crippen molar-refractivity contribution >= 4 is 35.0 Å². The molecule has 0 spiro atoms. The second-order valence-electron chi connectivity index (χ2n) is 3.99. The summed E-state index contributed by atoms with van der Waals surface area (Å²) >= 11 is 2.73. The van der Waals surface area contributed by atoms with Gasteiger partial charge in [0, 0.05) is 4.88 Å². The van der Waals surface area contributed by atoms with Crippen LogP contribution >= 0.6 is 23.1 Å². The van der Waals surface area contributed by atoms with E-state index in [1.807, 2.05) is 13.8 Å². The van der Waals surface area contributed by atoms with Crippen molar-refractivity contribution in [2.75, 3.05) is 12.4 Å². The van der Waals surface area contributed by atoms with Gasteiger partial charge in [-0.15, -0.1) is 11.3 Å². The van der Waals surface area contributed by atoms with Crippen LogP contribution in [0.1, 0.15) is 30.3 Å². The van der Waals surface area contributed by atoms with E-state index in [2.05, 4.69) is 4.98 Å². The minimum Gasteiger partial charge on any atom is -0.465 e. The van der Waals surface area contributed by atoms with E-state index in [-0.39, 0.29) is 24.1 Å². The first-order chi connectivity index (χ1) is 9.02. The fraction of sp³-hybridized carbons (Fsp3) is 0.583. The number of thioether (sulfide) groups is 1. The average molecular weight is 302 g/mol. The van der Waals surface area contributed by atoms with Gasteiger partial charge in [0.15, 0.2) is 4.34 Å². The number of aryl methyl sites for hydroxylation is 1. The molecule has 106 valence electrons. The lowest BCUT2D eigenvalue weighted by molar-refractivity contribution is -0.140. The van der Waals surface area contributed by atoms with Crippen LogP contribution in [0.15, 0.2) is 4.34 Å². The normalized spacial score (nSPS) is 10.4. The predicted molar refractivity (Wildman–Crippen MR) is 76.3 cm³/mol. The third-order valence-electron chi connectivity index (χ3n) is 2.28. The first-order valence-corrected chi connectivity index (χ1v) is 7.86. The van der Waals surface area contributed by atoms with Gasteiger partial charge in [-0.1, -0.05) is 25.1 Å². The molecule has 1 aromatic heterocycles. The highest BCUT2D eigenvalue weighted by molar-refractivity contribution is 8.01. The lowest BCUT2D eigenvalue weighted by atomic mass is 10.3. The molecule has 0 aromatic carbocycles. The molecule has 1 heterocycles. The van der Waals surface area contributed by atoms with Crippen molar-refractivity contribution in [3.63, 3.8) is 0 Å². The number of thiazole rings is 1. The summed E-state index contributed by atoms with van der Waals surface area (Å²) in [5.41, 5.74) is 5.95. The molecule has 0 aliphatic heterocycles. The number of aromatic nitrogens is 1. The molecule has 5 nitrogen and oxygen atoms in total. The maximum atomic E-state index is 11.4. The zero-order valence-corrected chi connectivity index (χ0v) is 12.7. The molecule has 0 aliphatic carbocycles. The van der Waals surface area contributed by atoms with Gasteiger partial charge in [0.05, 0.1) is 24.5 Å². The van der Waals surface area contributed by atoms with Crippen LogP contribution in [0.3, 0.4) is 0 Å². The molecule has 0 fully saturated rings. The van der Waals surface area contributed by atoms with E-state index in [4.69, 9.17) is 10.5 Å². The van der Waals surface area contributed by atoms with Crippen LogP contribution in [0.5, 0.6) is 0 Å². The summed E-state index contributed by atoms with van der Waals surface area (Å²) in [6, 6.07) is 0. The molecule has 0 unspecified atom stereocenters. The zero-order valence-electron chi connectivity index (χ0n) is 11.1. The maximum Gasteiger partial charge on any atom is 0.316 e. The Morgan fingerprint density at radius 3 is 2.84 bits per heavy atom. The van der Waals surface area contributed by atoms with Crippen molar-refractivity contribution in [2.45, 2.75) is 37.4 Å². The zero-order chi connectivity index (χ0) is 14.3. The third kappa shape index (κ3) is 6.07. The van der Waals surface area contributed by atoms with Crippen LogP contribution in [-0.4, -0.2) is 29.2 Å². The molecule has 19 heavy (non-hydrogen) atoms. The fourth-order valence-electron chi connectivity index (χ4n) is 1.28. The number of carbonyl (C=O) groups excluding carboxylic acids is 2. The largest absolute Gasteiger partial charge is 0.465 e. The van der Waals surface area contributed by atoms with Gasteiger partial charge >= 0.3 is 5.97 Å². The Kier molecular flexibility index (Phi) is 6.86. The van der Waals surface area contributed by atoms with E-state index in [9.17, 15) is 9.59 Å². The summed E-state index contributed by atoms with van der Waals surface area (Å²) in [6.45, 7) is 4.35. The van der Waals surface area contributed by atoms with Gasteiger partial charge in [0.25, 0.3) is 0 Å². The predicted octanol–water partition coefficient (Wildman–Crippen LogP) is 1.91. The molecular weight excluding hydrogens is 284 g/mol. The molecule has 0 radical (unpaired) electrons. The Hall–Kier alpha value is -1.08. The van der Waals surface area contributed by atoms with Gasteiger partial charge in [-0.05, 0) is 13.3 Å². The first kappa shape index (κ1) is 16.0. The van der Waals surface area contributed by atoms with Crippen molar-refractivity contribution in [3.05, 3.63) is 10.6 Å². The highest BCUT2D eigenvalue weighted by atomic mass is 32.2. The van der Waals surface area contributed by atoms with Gasteiger partial charge in [-0.2, -0.15) is 0 Å². The summed E-state index contributed by atoms with van der Waals surface area (Å²) in [6.07, 6.45) is 2.09. The van der Waals surface area contributed by atoms with Crippen molar-refractivity contribution < 1.29 is 14.3 Å². The molecule has 1 amide bonds. The van der Waals surface area contributed by atoms with Crippen LogP contribution in [0, 0.1) is 6.92 Å². The third-order valence-corrected chi connectivity index (χ3v) is 4.56. The standard InChI is InChI=1S/C12H18N2O3S2/c1-3-4-5-17-11(16)7-18-12-14-8(2)9(19-12)6-10(13)15/h3-7H2,1-2H3,(H2,13,15). The Morgan fingerprint density at radius 1 is 1.47 bits per heavy atom. The van der Waals surface area contributed by atoms with Gasteiger partial charge in [0.2, 0.25) is 5.91 Å². The second-order valence-corrected chi connectivity index (χ2v) is 6.30. The average Bonchev–Trinajstić information content (AvgIpc) is 2.67. The molecule has 0 saturated heterocycles. The van der Waals surface area contributed by atoms with Crippen LogP contribution < -0.4 is 5.73 Å². The van der Waals surface area contributed by atoms with Crippen LogP contribution in [0.4, 0.5) is 0 Å². The molecule has 1 rings (SSSR count). The number of hydrogen-bond acceptors (Lipinski definition) is 6. The van der Waals surface area contributed by atoms with Crippen LogP contribution in [0.25, 0.3) is 0 Å². The van der Waals surface area contributed by atoms with Gasteiger partial charge in [0.1, 0.15) is 0 Å². The summed E-state index contributed by atoms with van der Waals surface area (Å²) < 4.78 is 5.81. The lowest BCUT2D eigenvalue weighted by Crippen LogP contribution is -2.13. The molecule has 0 bridgehead atoms.